The van der Waals surface area contributed by atoms with Gasteiger partial charge in [0.1, 0.15) is 28.8 Å². The smallest absolute Gasteiger partial charge is 0.225 e. The first kappa shape index (κ1) is 21.7. The van der Waals surface area contributed by atoms with Crippen LogP contribution in [0.2, 0.25) is 5.02 Å². The summed E-state index contributed by atoms with van der Waals surface area (Å²) < 4.78 is 44.0. The number of nitrogens with one attached hydrogen (secondary N) is 2. The van der Waals surface area contributed by atoms with Crippen molar-refractivity contribution in [2.75, 3.05) is 18.4 Å². The Bertz CT molecular complexity index is 1300. The number of hydrogen-bond donors (Lipinski definition) is 2. The molecule has 1 aliphatic heterocycles. The van der Waals surface area contributed by atoms with E-state index in [2.05, 4.69) is 25.6 Å². The highest BCUT2D eigenvalue weighted by atomic mass is 35.5. The summed E-state index contributed by atoms with van der Waals surface area (Å²) in [4.78, 5) is 13.4. The number of hydrogen-bond acceptors (Lipinski definition) is 5. The normalized spacial score (nSPS) is 15.9. The molecule has 170 valence electrons. The third-order valence-corrected chi connectivity index (χ3v) is 6.04. The molecule has 1 aliphatic rings. The van der Waals surface area contributed by atoms with Gasteiger partial charge in [0.15, 0.2) is 5.65 Å². The van der Waals surface area contributed by atoms with Crippen LogP contribution in [0.1, 0.15) is 12.0 Å². The second kappa shape index (κ2) is 8.99. The van der Waals surface area contributed by atoms with Crippen molar-refractivity contribution in [2.24, 2.45) is 5.92 Å². The molecule has 4 aromatic rings. The zero-order valence-electron chi connectivity index (χ0n) is 17.5. The molecule has 0 bridgehead atoms. The molecule has 0 spiro atoms. The average molecular weight is 473 g/mol. The fourth-order valence-electron chi connectivity index (χ4n) is 4.06. The van der Waals surface area contributed by atoms with E-state index < -0.39 is 17.5 Å². The van der Waals surface area contributed by atoms with Gasteiger partial charge in [0.25, 0.3) is 0 Å². The van der Waals surface area contributed by atoms with Crippen molar-refractivity contribution >= 4 is 28.7 Å². The molecule has 1 atom stereocenters. The molecule has 2 aromatic heterocycles. The van der Waals surface area contributed by atoms with Gasteiger partial charge in [0, 0.05) is 18.7 Å². The van der Waals surface area contributed by atoms with Crippen molar-refractivity contribution in [3.63, 3.8) is 0 Å². The minimum Gasteiger partial charge on any atom is -0.350 e. The second-order valence-electron chi connectivity index (χ2n) is 7.99. The van der Waals surface area contributed by atoms with E-state index >= 15 is 0 Å². The fourth-order valence-corrected chi connectivity index (χ4v) is 4.31. The van der Waals surface area contributed by atoms with E-state index in [0.29, 0.717) is 29.5 Å². The minimum absolute atomic E-state index is 0.00177. The third kappa shape index (κ3) is 4.38. The molecule has 3 heterocycles. The SMILES string of the molecule is Fc1ccc(F)c(CNc2ncc3nc(-c4c(F)cccc4Cl)n(C[C@H]4CCNC4)c3n2)c1. The van der Waals surface area contributed by atoms with Crippen LogP contribution in [0, 0.1) is 23.4 Å². The van der Waals surface area contributed by atoms with Crippen LogP contribution in [0.3, 0.4) is 0 Å². The maximum absolute atomic E-state index is 14.8. The van der Waals surface area contributed by atoms with Crippen molar-refractivity contribution in [1.29, 1.82) is 0 Å². The number of benzene rings is 2. The number of imidazole rings is 1. The minimum atomic E-state index is -0.528. The molecule has 0 unspecified atom stereocenters. The summed E-state index contributed by atoms with van der Waals surface area (Å²) in [6.07, 6.45) is 2.49. The number of anilines is 1. The van der Waals surface area contributed by atoms with Gasteiger partial charge in [0.05, 0.1) is 16.8 Å². The second-order valence-corrected chi connectivity index (χ2v) is 8.40. The summed E-state index contributed by atoms with van der Waals surface area (Å²) in [5.74, 6) is -0.610. The summed E-state index contributed by atoms with van der Waals surface area (Å²) in [5.41, 5.74) is 1.36. The van der Waals surface area contributed by atoms with Gasteiger partial charge in [-0.1, -0.05) is 17.7 Å². The lowest BCUT2D eigenvalue weighted by atomic mass is 10.1. The fraction of sp³-hybridized carbons (Fsp3) is 0.261. The van der Waals surface area contributed by atoms with Crippen LogP contribution in [0.25, 0.3) is 22.6 Å². The van der Waals surface area contributed by atoms with Crippen LogP contribution in [0.4, 0.5) is 19.1 Å². The van der Waals surface area contributed by atoms with Gasteiger partial charge in [0.2, 0.25) is 5.95 Å². The first-order valence-electron chi connectivity index (χ1n) is 10.6. The predicted octanol–water partition coefficient (Wildman–Crippen LogP) is 4.79. The number of rotatable bonds is 6. The Kier molecular flexibility index (Phi) is 5.90. The Hall–Kier alpha value is -3.17. The van der Waals surface area contributed by atoms with Crippen LogP contribution >= 0.6 is 11.6 Å². The molecule has 0 radical (unpaired) electrons. The highest BCUT2D eigenvalue weighted by molar-refractivity contribution is 6.33. The zero-order valence-corrected chi connectivity index (χ0v) is 18.2. The summed E-state index contributed by atoms with van der Waals surface area (Å²) in [6, 6.07) is 7.76. The lowest BCUT2D eigenvalue weighted by molar-refractivity contribution is 0.489. The molecule has 33 heavy (non-hydrogen) atoms. The van der Waals surface area contributed by atoms with Crippen LogP contribution in [-0.2, 0) is 13.1 Å². The molecule has 0 amide bonds. The molecule has 10 heteroatoms. The first-order valence-corrected chi connectivity index (χ1v) is 10.9. The van der Waals surface area contributed by atoms with Crippen LogP contribution in [0.5, 0.6) is 0 Å². The van der Waals surface area contributed by atoms with E-state index in [1.165, 1.54) is 12.3 Å². The van der Waals surface area contributed by atoms with Crippen LogP contribution < -0.4 is 10.6 Å². The molecule has 0 aliphatic carbocycles. The quantitative estimate of drug-likeness (QED) is 0.422. The van der Waals surface area contributed by atoms with Crippen molar-refractivity contribution in [1.82, 2.24) is 24.8 Å². The molecule has 1 saturated heterocycles. The van der Waals surface area contributed by atoms with E-state index in [1.54, 1.807) is 12.1 Å². The molecular formula is C23H20ClF3N6. The predicted molar refractivity (Wildman–Crippen MR) is 120 cm³/mol. The van der Waals surface area contributed by atoms with E-state index in [1.807, 2.05) is 4.57 Å². The van der Waals surface area contributed by atoms with E-state index in [4.69, 9.17) is 11.6 Å². The van der Waals surface area contributed by atoms with Gasteiger partial charge in [-0.05, 0) is 55.8 Å². The largest absolute Gasteiger partial charge is 0.350 e. The Morgan fingerprint density at radius 1 is 1.12 bits per heavy atom. The van der Waals surface area contributed by atoms with E-state index in [-0.39, 0.29) is 28.6 Å². The number of aromatic nitrogens is 4. The molecule has 1 fully saturated rings. The van der Waals surface area contributed by atoms with E-state index in [0.717, 1.165) is 37.7 Å². The van der Waals surface area contributed by atoms with Gasteiger partial charge in [-0.3, -0.25) is 0 Å². The Balaban J connectivity index is 1.54. The van der Waals surface area contributed by atoms with Crippen LogP contribution in [0.15, 0.2) is 42.6 Å². The Morgan fingerprint density at radius 3 is 2.79 bits per heavy atom. The molecule has 5 rings (SSSR count). The van der Waals surface area contributed by atoms with Crippen molar-refractivity contribution in [3.8, 4) is 11.4 Å². The number of fused-ring (bicyclic) bond motifs is 1. The first-order chi connectivity index (χ1) is 16.0. The van der Waals surface area contributed by atoms with Crippen LogP contribution in [-0.4, -0.2) is 32.6 Å². The highest BCUT2D eigenvalue weighted by Crippen LogP contribution is 2.33. The number of nitrogens with zero attached hydrogens (tertiary/aromatic N) is 4. The molecule has 2 aromatic carbocycles. The summed E-state index contributed by atoms with van der Waals surface area (Å²) in [7, 11) is 0. The van der Waals surface area contributed by atoms with Gasteiger partial charge in [-0.15, -0.1) is 0 Å². The van der Waals surface area contributed by atoms with Gasteiger partial charge < -0.3 is 15.2 Å². The monoisotopic (exact) mass is 472 g/mol. The lowest BCUT2D eigenvalue weighted by Gasteiger charge is -2.14. The number of halogens is 4. The summed E-state index contributed by atoms with van der Waals surface area (Å²) in [5, 5.41) is 6.51. The van der Waals surface area contributed by atoms with Crippen molar-refractivity contribution in [3.05, 3.63) is 70.6 Å². The van der Waals surface area contributed by atoms with Gasteiger partial charge in [-0.25, -0.2) is 23.1 Å². The molecular weight excluding hydrogens is 453 g/mol. The van der Waals surface area contributed by atoms with Gasteiger partial charge >= 0.3 is 0 Å². The third-order valence-electron chi connectivity index (χ3n) is 5.72. The maximum Gasteiger partial charge on any atom is 0.225 e. The maximum atomic E-state index is 14.8. The van der Waals surface area contributed by atoms with Crippen molar-refractivity contribution in [2.45, 2.75) is 19.5 Å². The highest BCUT2D eigenvalue weighted by Gasteiger charge is 2.24. The summed E-state index contributed by atoms with van der Waals surface area (Å²) in [6.45, 7) is 2.31. The Morgan fingerprint density at radius 2 is 2.00 bits per heavy atom. The lowest BCUT2D eigenvalue weighted by Crippen LogP contribution is -2.16. The Labute approximate surface area is 192 Å². The topological polar surface area (TPSA) is 67.7 Å². The summed E-state index contributed by atoms with van der Waals surface area (Å²) >= 11 is 6.34. The van der Waals surface area contributed by atoms with Crippen molar-refractivity contribution < 1.29 is 13.2 Å². The molecule has 0 saturated carbocycles. The zero-order chi connectivity index (χ0) is 22.9. The van der Waals surface area contributed by atoms with Gasteiger partial charge in [-0.2, -0.15) is 4.98 Å². The molecule has 2 N–H and O–H groups in total. The molecule has 6 nitrogen and oxygen atoms in total. The standard InChI is InChI=1S/C23H20ClF3N6/c24-16-2-1-3-18(27)20(16)22-31-19-11-30-23(29-10-14-8-15(25)4-5-17(14)26)32-21(19)33(22)12-13-6-7-28-9-13/h1-5,8,11,13,28H,6-7,9-10,12H2,(H,29,30,32)/t13-/m0/s1. The average Bonchev–Trinajstić information content (AvgIpc) is 3.43. The van der Waals surface area contributed by atoms with E-state index in [9.17, 15) is 13.2 Å².